The predicted octanol–water partition coefficient (Wildman–Crippen LogP) is 2.47. The molecule has 2 unspecified atom stereocenters. The van der Waals surface area contributed by atoms with Crippen molar-refractivity contribution >= 4 is 0 Å². The molecule has 2 heterocycles. The Morgan fingerprint density at radius 2 is 2.05 bits per heavy atom. The first-order valence-corrected chi connectivity index (χ1v) is 5.81. The highest BCUT2D eigenvalue weighted by atomic mass is 19.4. The zero-order valence-electron chi connectivity index (χ0n) is 10.7. The summed E-state index contributed by atoms with van der Waals surface area (Å²) in [5, 5.41) is 12.8. The van der Waals surface area contributed by atoms with E-state index in [4.69, 9.17) is 4.52 Å². The number of hydrogen-bond donors (Lipinski definition) is 1. The summed E-state index contributed by atoms with van der Waals surface area (Å²) in [4.78, 5) is 7.92. The zero-order chi connectivity index (χ0) is 14.9. The van der Waals surface area contributed by atoms with E-state index in [2.05, 4.69) is 15.1 Å². The van der Waals surface area contributed by atoms with Gasteiger partial charge >= 0.3 is 6.18 Å². The fourth-order valence-electron chi connectivity index (χ4n) is 1.65. The Morgan fingerprint density at radius 3 is 2.65 bits per heavy atom. The first-order chi connectivity index (χ1) is 9.30. The van der Waals surface area contributed by atoms with Crippen LogP contribution >= 0.6 is 0 Å². The van der Waals surface area contributed by atoms with Gasteiger partial charge in [0.25, 0.3) is 0 Å². The highest BCUT2D eigenvalue weighted by molar-refractivity contribution is 5.53. The molecule has 108 valence electrons. The van der Waals surface area contributed by atoms with Crippen molar-refractivity contribution in [2.45, 2.75) is 32.0 Å². The standard InChI is InChI=1S/C12H12F3N3O2/c1-6-4-3-5-16-8(6)10-17-11(20-18-10)7(2)9(19)12(13,14)15/h3-5,7,9,19H,1-2H3. The number of nitrogens with zero attached hydrogens (tertiary/aromatic N) is 3. The van der Waals surface area contributed by atoms with Gasteiger partial charge in [0.1, 0.15) is 5.69 Å². The molecule has 0 amide bonds. The molecule has 0 radical (unpaired) electrons. The van der Waals surface area contributed by atoms with Gasteiger partial charge < -0.3 is 9.63 Å². The molecule has 0 fully saturated rings. The second-order valence-electron chi connectivity index (χ2n) is 4.40. The number of rotatable bonds is 3. The van der Waals surface area contributed by atoms with Crippen LogP contribution < -0.4 is 0 Å². The highest BCUT2D eigenvalue weighted by Crippen LogP contribution is 2.31. The van der Waals surface area contributed by atoms with E-state index in [1.807, 2.05) is 0 Å². The largest absolute Gasteiger partial charge is 0.415 e. The first kappa shape index (κ1) is 14.4. The molecule has 2 rings (SSSR count). The van der Waals surface area contributed by atoms with Crippen LogP contribution in [0.4, 0.5) is 13.2 Å². The van der Waals surface area contributed by atoms with Gasteiger partial charge in [-0.25, -0.2) is 0 Å². The maximum Gasteiger partial charge on any atom is 0.415 e. The van der Waals surface area contributed by atoms with Crippen molar-refractivity contribution in [2.24, 2.45) is 0 Å². The molecule has 2 atom stereocenters. The molecular weight excluding hydrogens is 275 g/mol. The lowest BCUT2D eigenvalue weighted by Crippen LogP contribution is -2.33. The summed E-state index contributed by atoms with van der Waals surface area (Å²) >= 11 is 0. The lowest BCUT2D eigenvalue weighted by Gasteiger charge is -2.17. The quantitative estimate of drug-likeness (QED) is 0.938. The Bertz CT molecular complexity index is 598. The van der Waals surface area contributed by atoms with Gasteiger partial charge in [-0.1, -0.05) is 18.1 Å². The van der Waals surface area contributed by atoms with Gasteiger partial charge in [-0.05, 0) is 18.6 Å². The summed E-state index contributed by atoms with van der Waals surface area (Å²) in [6.45, 7) is 2.94. The molecule has 0 aromatic carbocycles. The van der Waals surface area contributed by atoms with Crippen LogP contribution in [0.15, 0.2) is 22.9 Å². The number of hydrogen-bond acceptors (Lipinski definition) is 5. The van der Waals surface area contributed by atoms with Crippen LogP contribution in [0.2, 0.25) is 0 Å². The van der Waals surface area contributed by atoms with Crippen molar-refractivity contribution in [2.75, 3.05) is 0 Å². The number of aryl methyl sites for hydroxylation is 1. The molecule has 8 heteroatoms. The van der Waals surface area contributed by atoms with Crippen LogP contribution in [0.25, 0.3) is 11.5 Å². The number of aliphatic hydroxyl groups excluding tert-OH is 1. The average Bonchev–Trinajstić information content (AvgIpc) is 2.86. The molecule has 0 bridgehead atoms. The highest BCUT2D eigenvalue weighted by Gasteiger charge is 2.44. The molecule has 0 saturated heterocycles. The average molecular weight is 287 g/mol. The van der Waals surface area contributed by atoms with Gasteiger partial charge in [0.2, 0.25) is 11.7 Å². The fraction of sp³-hybridized carbons (Fsp3) is 0.417. The number of alkyl halides is 3. The Hall–Kier alpha value is -1.96. The van der Waals surface area contributed by atoms with Gasteiger partial charge in [0, 0.05) is 6.20 Å². The summed E-state index contributed by atoms with van der Waals surface area (Å²) in [7, 11) is 0. The Balaban J connectivity index is 2.28. The molecule has 1 N–H and O–H groups in total. The number of pyridine rings is 1. The molecule has 2 aromatic rings. The van der Waals surface area contributed by atoms with Crippen molar-refractivity contribution in [1.82, 2.24) is 15.1 Å². The fourth-order valence-corrected chi connectivity index (χ4v) is 1.65. The Morgan fingerprint density at radius 1 is 1.35 bits per heavy atom. The second-order valence-corrected chi connectivity index (χ2v) is 4.40. The molecule has 0 aliphatic carbocycles. The summed E-state index contributed by atoms with van der Waals surface area (Å²) < 4.78 is 42.1. The van der Waals surface area contributed by atoms with Gasteiger partial charge in [-0.3, -0.25) is 4.98 Å². The number of aliphatic hydroxyl groups is 1. The second kappa shape index (κ2) is 5.20. The van der Waals surface area contributed by atoms with Crippen LogP contribution in [0.5, 0.6) is 0 Å². The van der Waals surface area contributed by atoms with Gasteiger partial charge in [0.15, 0.2) is 6.10 Å². The topological polar surface area (TPSA) is 72.0 Å². The van der Waals surface area contributed by atoms with Crippen molar-refractivity contribution < 1.29 is 22.8 Å². The van der Waals surface area contributed by atoms with Crippen LogP contribution in [0, 0.1) is 6.92 Å². The molecule has 5 nitrogen and oxygen atoms in total. The summed E-state index contributed by atoms with van der Waals surface area (Å²) in [6, 6.07) is 3.49. The zero-order valence-corrected chi connectivity index (χ0v) is 10.7. The maximum absolute atomic E-state index is 12.4. The van der Waals surface area contributed by atoms with E-state index in [-0.39, 0.29) is 11.7 Å². The minimum Gasteiger partial charge on any atom is -0.383 e. The van der Waals surface area contributed by atoms with Crippen LogP contribution in [0.3, 0.4) is 0 Å². The van der Waals surface area contributed by atoms with Crippen LogP contribution in [-0.2, 0) is 0 Å². The van der Waals surface area contributed by atoms with E-state index in [1.165, 1.54) is 13.1 Å². The summed E-state index contributed by atoms with van der Waals surface area (Å²) in [5.41, 5.74) is 1.19. The normalized spacial score (nSPS) is 15.1. The molecule has 0 aliphatic rings. The van der Waals surface area contributed by atoms with Gasteiger partial charge in [-0.2, -0.15) is 18.2 Å². The third-order valence-electron chi connectivity index (χ3n) is 2.86. The van der Waals surface area contributed by atoms with Crippen molar-refractivity contribution in [1.29, 1.82) is 0 Å². The molecule has 0 saturated carbocycles. The van der Waals surface area contributed by atoms with Crippen LogP contribution in [0.1, 0.15) is 24.3 Å². The van der Waals surface area contributed by atoms with Crippen molar-refractivity contribution in [3.05, 3.63) is 29.8 Å². The van der Waals surface area contributed by atoms with E-state index < -0.39 is 18.2 Å². The Labute approximate surface area is 112 Å². The molecule has 2 aromatic heterocycles. The third-order valence-corrected chi connectivity index (χ3v) is 2.86. The summed E-state index contributed by atoms with van der Waals surface area (Å²) in [5.74, 6) is -1.53. The maximum atomic E-state index is 12.4. The molecular formula is C12H12F3N3O2. The minimum absolute atomic E-state index is 0.0966. The third kappa shape index (κ3) is 2.79. The van der Waals surface area contributed by atoms with E-state index in [9.17, 15) is 18.3 Å². The lowest BCUT2D eigenvalue weighted by atomic mass is 10.0. The Kier molecular flexibility index (Phi) is 3.76. The van der Waals surface area contributed by atoms with Gasteiger partial charge in [0.05, 0.1) is 5.92 Å². The monoisotopic (exact) mass is 287 g/mol. The number of halogens is 3. The summed E-state index contributed by atoms with van der Waals surface area (Å²) in [6.07, 6.45) is -5.78. The molecule has 0 aliphatic heterocycles. The van der Waals surface area contributed by atoms with Crippen molar-refractivity contribution in [3.63, 3.8) is 0 Å². The van der Waals surface area contributed by atoms with E-state index >= 15 is 0 Å². The molecule has 0 spiro atoms. The van der Waals surface area contributed by atoms with E-state index in [1.54, 1.807) is 19.1 Å². The van der Waals surface area contributed by atoms with E-state index in [0.29, 0.717) is 5.69 Å². The lowest BCUT2D eigenvalue weighted by molar-refractivity contribution is -0.210. The van der Waals surface area contributed by atoms with Crippen molar-refractivity contribution in [3.8, 4) is 11.5 Å². The SMILES string of the molecule is Cc1cccnc1-c1noc(C(C)C(O)C(F)(F)F)n1. The predicted molar refractivity (Wildman–Crippen MR) is 62.7 cm³/mol. The minimum atomic E-state index is -4.74. The number of aromatic nitrogens is 3. The first-order valence-electron chi connectivity index (χ1n) is 5.81. The van der Waals surface area contributed by atoms with Crippen LogP contribution in [-0.4, -0.2) is 32.5 Å². The smallest absolute Gasteiger partial charge is 0.383 e. The van der Waals surface area contributed by atoms with Gasteiger partial charge in [-0.15, -0.1) is 0 Å². The molecule has 20 heavy (non-hydrogen) atoms. The van der Waals surface area contributed by atoms with E-state index in [0.717, 1.165) is 5.56 Å².